The zero-order valence-electron chi connectivity index (χ0n) is 12.8. The minimum atomic E-state index is 0.276. The summed E-state index contributed by atoms with van der Waals surface area (Å²) in [4.78, 5) is 0. The minimum Gasteiger partial charge on any atom is -0.459 e. The van der Waals surface area contributed by atoms with E-state index in [1.165, 1.54) is 30.2 Å². The maximum Gasteiger partial charge on any atom is 0.134 e. The average molecular weight is 285 g/mol. The van der Waals surface area contributed by atoms with E-state index in [1.807, 2.05) is 0 Å². The summed E-state index contributed by atoms with van der Waals surface area (Å²) in [6.07, 6.45) is 4.50. The SMILES string of the molecule is CCNC(c1cc2cc(C)ccc2o1)C1CC2CCC1O2. The molecule has 3 heteroatoms. The number of aryl methyl sites for hydroxylation is 1. The molecule has 1 N–H and O–H groups in total. The van der Waals surface area contributed by atoms with Gasteiger partial charge in [0.25, 0.3) is 0 Å². The van der Waals surface area contributed by atoms with Gasteiger partial charge >= 0.3 is 0 Å². The van der Waals surface area contributed by atoms with Crippen LogP contribution in [0.4, 0.5) is 0 Å². The third kappa shape index (κ3) is 2.29. The number of ether oxygens (including phenoxy) is 1. The highest BCUT2D eigenvalue weighted by molar-refractivity contribution is 5.78. The molecule has 1 aromatic heterocycles. The zero-order valence-corrected chi connectivity index (χ0v) is 12.8. The Hall–Kier alpha value is -1.32. The number of fused-ring (bicyclic) bond motifs is 3. The first-order valence-corrected chi connectivity index (χ1v) is 8.13. The lowest BCUT2D eigenvalue weighted by atomic mass is 9.83. The summed E-state index contributed by atoms with van der Waals surface area (Å²) < 4.78 is 12.2. The summed E-state index contributed by atoms with van der Waals surface area (Å²) in [7, 11) is 0. The molecule has 2 aliphatic heterocycles. The lowest BCUT2D eigenvalue weighted by Gasteiger charge is -2.27. The first kappa shape index (κ1) is 13.4. The monoisotopic (exact) mass is 285 g/mol. The summed E-state index contributed by atoms with van der Waals surface area (Å²) in [6, 6.07) is 8.87. The number of nitrogens with one attached hydrogen (secondary N) is 1. The Morgan fingerprint density at radius 3 is 2.90 bits per heavy atom. The molecule has 1 aromatic carbocycles. The Labute approximate surface area is 125 Å². The van der Waals surface area contributed by atoms with E-state index in [1.54, 1.807) is 0 Å². The molecule has 2 aromatic rings. The Morgan fingerprint density at radius 1 is 1.29 bits per heavy atom. The van der Waals surface area contributed by atoms with Gasteiger partial charge in [0, 0.05) is 11.3 Å². The maximum atomic E-state index is 6.14. The van der Waals surface area contributed by atoms with Crippen molar-refractivity contribution in [3.05, 3.63) is 35.6 Å². The molecule has 2 bridgehead atoms. The molecule has 2 saturated heterocycles. The number of rotatable bonds is 4. The molecule has 0 aliphatic carbocycles. The highest BCUT2D eigenvalue weighted by atomic mass is 16.5. The smallest absolute Gasteiger partial charge is 0.134 e. The van der Waals surface area contributed by atoms with Gasteiger partial charge in [-0.05, 0) is 50.9 Å². The highest BCUT2D eigenvalue weighted by Gasteiger charge is 2.45. The summed E-state index contributed by atoms with van der Waals surface area (Å²) in [5.74, 6) is 1.61. The van der Waals surface area contributed by atoms with Crippen LogP contribution in [0, 0.1) is 12.8 Å². The molecule has 4 atom stereocenters. The molecule has 3 nitrogen and oxygen atoms in total. The van der Waals surface area contributed by atoms with E-state index < -0.39 is 0 Å². The van der Waals surface area contributed by atoms with Crippen molar-refractivity contribution in [2.45, 2.75) is 51.4 Å². The van der Waals surface area contributed by atoms with Gasteiger partial charge in [-0.15, -0.1) is 0 Å². The van der Waals surface area contributed by atoms with Crippen LogP contribution in [0.1, 0.15) is 43.6 Å². The van der Waals surface area contributed by atoms with Gasteiger partial charge in [0.1, 0.15) is 11.3 Å². The van der Waals surface area contributed by atoms with Crippen molar-refractivity contribution >= 4 is 11.0 Å². The molecule has 2 fully saturated rings. The van der Waals surface area contributed by atoms with Crippen LogP contribution in [0.2, 0.25) is 0 Å². The van der Waals surface area contributed by atoms with Crippen molar-refractivity contribution in [3.63, 3.8) is 0 Å². The van der Waals surface area contributed by atoms with Gasteiger partial charge in [0.2, 0.25) is 0 Å². The Balaban J connectivity index is 1.68. The van der Waals surface area contributed by atoms with Gasteiger partial charge in [0.15, 0.2) is 0 Å². The molecule has 0 radical (unpaired) electrons. The molecule has 3 heterocycles. The molecule has 21 heavy (non-hydrogen) atoms. The van der Waals surface area contributed by atoms with Gasteiger partial charge in [-0.3, -0.25) is 0 Å². The highest BCUT2D eigenvalue weighted by Crippen LogP contribution is 2.45. The molecule has 4 rings (SSSR count). The summed E-state index contributed by atoms with van der Waals surface area (Å²) >= 11 is 0. The average Bonchev–Trinajstić information content (AvgIpc) is 3.18. The largest absolute Gasteiger partial charge is 0.459 e. The second kappa shape index (κ2) is 5.15. The molecule has 0 spiro atoms. The lowest BCUT2D eigenvalue weighted by Crippen LogP contribution is -2.33. The Morgan fingerprint density at radius 2 is 2.19 bits per heavy atom. The molecule has 4 unspecified atom stereocenters. The third-order valence-corrected chi connectivity index (χ3v) is 5.00. The van der Waals surface area contributed by atoms with Crippen LogP contribution < -0.4 is 5.32 Å². The van der Waals surface area contributed by atoms with Crippen molar-refractivity contribution in [2.75, 3.05) is 6.54 Å². The fraction of sp³-hybridized carbons (Fsp3) is 0.556. The van der Waals surface area contributed by atoms with Crippen LogP contribution in [0.25, 0.3) is 11.0 Å². The Bertz CT molecular complexity index is 648. The number of furan rings is 1. The Kier molecular flexibility index (Phi) is 3.27. The number of hydrogen-bond acceptors (Lipinski definition) is 3. The summed E-state index contributed by atoms with van der Waals surface area (Å²) in [5, 5.41) is 4.83. The van der Waals surface area contributed by atoms with Gasteiger partial charge in [-0.2, -0.15) is 0 Å². The fourth-order valence-corrected chi connectivity index (χ4v) is 4.05. The van der Waals surface area contributed by atoms with Crippen molar-refractivity contribution < 1.29 is 9.15 Å². The van der Waals surface area contributed by atoms with Crippen LogP contribution >= 0.6 is 0 Å². The van der Waals surface area contributed by atoms with E-state index in [2.05, 4.69) is 43.4 Å². The third-order valence-electron chi connectivity index (χ3n) is 5.00. The molecule has 112 valence electrons. The van der Waals surface area contributed by atoms with E-state index in [-0.39, 0.29) is 6.04 Å². The van der Waals surface area contributed by atoms with Gasteiger partial charge in [-0.1, -0.05) is 18.6 Å². The van der Waals surface area contributed by atoms with Crippen molar-refractivity contribution in [2.24, 2.45) is 5.92 Å². The van der Waals surface area contributed by atoms with Crippen molar-refractivity contribution in [1.29, 1.82) is 0 Å². The van der Waals surface area contributed by atoms with E-state index in [4.69, 9.17) is 9.15 Å². The van der Waals surface area contributed by atoms with Gasteiger partial charge < -0.3 is 14.5 Å². The maximum absolute atomic E-state index is 6.14. The number of benzene rings is 1. The van der Waals surface area contributed by atoms with E-state index >= 15 is 0 Å². The second-order valence-electron chi connectivity index (χ2n) is 6.50. The van der Waals surface area contributed by atoms with Crippen LogP contribution in [0.3, 0.4) is 0 Å². The molecule has 0 saturated carbocycles. The van der Waals surface area contributed by atoms with Crippen LogP contribution in [-0.2, 0) is 4.74 Å². The van der Waals surface area contributed by atoms with Crippen LogP contribution in [0.5, 0.6) is 0 Å². The number of hydrogen-bond donors (Lipinski definition) is 1. The van der Waals surface area contributed by atoms with E-state index in [0.29, 0.717) is 18.1 Å². The van der Waals surface area contributed by atoms with Gasteiger partial charge in [-0.25, -0.2) is 0 Å². The quantitative estimate of drug-likeness (QED) is 0.923. The summed E-state index contributed by atoms with van der Waals surface area (Å²) in [6.45, 7) is 5.24. The second-order valence-corrected chi connectivity index (χ2v) is 6.50. The zero-order chi connectivity index (χ0) is 14.4. The lowest BCUT2D eigenvalue weighted by molar-refractivity contribution is 0.0840. The normalized spacial score (nSPS) is 29.3. The van der Waals surface area contributed by atoms with Gasteiger partial charge in [0.05, 0.1) is 18.2 Å². The van der Waals surface area contributed by atoms with Crippen LogP contribution in [0.15, 0.2) is 28.7 Å². The molecule has 2 aliphatic rings. The summed E-state index contributed by atoms with van der Waals surface area (Å²) in [5.41, 5.74) is 2.26. The fourth-order valence-electron chi connectivity index (χ4n) is 4.05. The first-order chi connectivity index (χ1) is 10.2. The first-order valence-electron chi connectivity index (χ1n) is 8.13. The van der Waals surface area contributed by atoms with E-state index in [0.717, 1.165) is 17.9 Å². The topological polar surface area (TPSA) is 34.4 Å². The van der Waals surface area contributed by atoms with Crippen molar-refractivity contribution in [3.8, 4) is 0 Å². The predicted octanol–water partition coefficient (Wildman–Crippen LogP) is 3.96. The van der Waals surface area contributed by atoms with Crippen LogP contribution in [-0.4, -0.2) is 18.8 Å². The van der Waals surface area contributed by atoms with Crippen molar-refractivity contribution in [1.82, 2.24) is 5.32 Å². The predicted molar refractivity (Wildman–Crippen MR) is 83.4 cm³/mol. The molecule has 0 amide bonds. The van der Waals surface area contributed by atoms with E-state index in [9.17, 15) is 0 Å². The molecular formula is C18H23NO2. The molecular weight excluding hydrogens is 262 g/mol. The standard InChI is InChI=1S/C18H23NO2/c1-3-19-18(14-10-13-5-7-16(14)20-13)17-9-12-8-11(2)4-6-15(12)21-17/h4,6,8-9,13-14,16,18-19H,3,5,7,10H2,1-2H3. The minimum absolute atomic E-state index is 0.276.